The number of amides is 1. The predicted molar refractivity (Wildman–Crippen MR) is 85.4 cm³/mol. The first-order chi connectivity index (χ1) is 10.8. The highest BCUT2D eigenvalue weighted by molar-refractivity contribution is 5.81. The van der Waals surface area contributed by atoms with Crippen molar-refractivity contribution < 1.29 is 9.53 Å². The largest absolute Gasteiger partial charge is 0.364 e. The number of nitrogens with zero attached hydrogens (tertiary/aromatic N) is 1. The summed E-state index contributed by atoms with van der Waals surface area (Å²) >= 11 is 0. The molecule has 0 aromatic heterocycles. The lowest BCUT2D eigenvalue weighted by Crippen LogP contribution is -2.41. The number of hydrogen-bond donors (Lipinski definition) is 2. The van der Waals surface area contributed by atoms with Gasteiger partial charge in [-0.3, -0.25) is 9.69 Å². The van der Waals surface area contributed by atoms with Crippen LogP contribution in [-0.2, 0) is 22.5 Å². The van der Waals surface area contributed by atoms with Crippen molar-refractivity contribution >= 4 is 5.91 Å². The molecule has 3 N–H and O–H groups in total. The van der Waals surface area contributed by atoms with Gasteiger partial charge in [0.2, 0.25) is 5.91 Å². The van der Waals surface area contributed by atoms with Crippen LogP contribution in [0.5, 0.6) is 0 Å². The number of carbonyl (C=O) groups is 1. The fraction of sp³-hybridized carbons (Fsp3) is 0.588. The van der Waals surface area contributed by atoms with E-state index in [4.69, 9.17) is 10.5 Å². The zero-order valence-corrected chi connectivity index (χ0v) is 13.0. The molecule has 0 aliphatic carbocycles. The van der Waals surface area contributed by atoms with Gasteiger partial charge in [-0.25, -0.2) is 0 Å². The van der Waals surface area contributed by atoms with Crippen molar-refractivity contribution in [2.75, 3.05) is 26.2 Å². The van der Waals surface area contributed by atoms with Crippen molar-refractivity contribution in [1.82, 2.24) is 10.2 Å². The highest BCUT2D eigenvalue weighted by Gasteiger charge is 2.29. The fourth-order valence-corrected chi connectivity index (χ4v) is 3.27. The van der Waals surface area contributed by atoms with Gasteiger partial charge >= 0.3 is 0 Å². The standard InChI is InChI=1S/C17H25N3O2/c18-11-15-5-6-16(22-15)17(21)19-8-10-20-9-7-13-3-1-2-4-14(13)12-20/h1-4,15-16H,5-12,18H2,(H,19,21)/t15-,16+/m1/s1. The van der Waals surface area contributed by atoms with Gasteiger partial charge in [-0.05, 0) is 30.4 Å². The average Bonchev–Trinajstić information content (AvgIpc) is 3.04. The Balaban J connectivity index is 1.40. The van der Waals surface area contributed by atoms with Crippen LogP contribution in [0.1, 0.15) is 24.0 Å². The zero-order valence-electron chi connectivity index (χ0n) is 13.0. The lowest BCUT2D eigenvalue weighted by molar-refractivity contribution is -0.131. The summed E-state index contributed by atoms with van der Waals surface area (Å²) in [4.78, 5) is 14.4. The van der Waals surface area contributed by atoms with E-state index in [2.05, 4.69) is 34.5 Å². The number of ether oxygens (including phenoxy) is 1. The van der Waals surface area contributed by atoms with E-state index in [0.29, 0.717) is 13.1 Å². The molecule has 22 heavy (non-hydrogen) atoms. The third kappa shape index (κ3) is 3.66. The van der Waals surface area contributed by atoms with E-state index in [-0.39, 0.29) is 18.1 Å². The second kappa shape index (κ2) is 7.22. The number of hydrogen-bond acceptors (Lipinski definition) is 4. The van der Waals surface area contributed by atoms with Crippen molar-refractivity contribution in [3.63, 3.8) is 0 Å². The Bertz CT molecular complexity index is 520. The van der Waals surface area contributed by atoms with Gasteiger partial charge in [0.15, 0.2) is 0 Å². The summed E-state index contributed by atoms with van der Waals surface area (Å²) in [5.74, 6) is 0.00774. The molecule has 1 amide bonds. The highest BCUT2D eigenvalue weighted by Crippen LogP contribution is 2.19. The Kier molecular flexibility index (Phi) is 5.08. The summed E-state index contributed by atoms with van der Waals surface area (Å²) in [6, 6.07) is 8.60. The second-order valence-electron chi connectivity index (χ2n) is 6.15. The maximum absolute atomic E-state index is 12.1. The maximum atomic E-state index is 12.1. The first-order valence-corrected chi connectivity index (χ1v) is 8.18. The number of rotatable bonds is 5. The van der Waals surface area contributed by atoms with Crippen molar-refractivity contribution in [3.05, 3.63) is 35.4 Å². The Hall–Kier alpha value is -1.43. The van der Waals surface area contributed by atoms with E-state index in [1.54, 1.807) is 0 Å². The molecule has 1 aromatic rings. The molecular formula is C17H25N3O2. The van der Waals surface area contributed by atoms with E-state index in [1.165, 1.54) is 11.1 Å². The van der Waals surface area contributed by atoms with Crippen LogP contribution in [0.4, 0.5) is 0 Å². The van der Waals surface area contributed by atoms with Crippen molar-refractivity contribution in [3.8, 4) is 0 Å². The van der Waals surface area contributed by atoms with Crippen LogP contribution in [0, 0.1) is 0 Å². The molecule has 2 heterocycles. The number of benzene rings is 1. The topological polar surface area (TPSA) is 67.6 Å². The van der Waals surface area contributed by atoms with Gasteiger partial charge in [0.05, 0.1) is 6.10 Å². The van der Waals surface area contributed by atoms with E-state index < -0.39 is 0 Å². The van der Waals surface area contributed by atoms with Crippen LogP contribution in [0.2, 0.25) is 0 Å². The minimum Gasteiger partial charge on any atom is -0.364 e. The molecule has 0 bridgehead atoms. The molecule has 120 valence electrons. The molecule has 1 aromatic carbocycles. The average molecular weight is 303 g/mol. The van der Waals surface area contributed by atoms with E-state index in [9.17, 15) is 4.79 Å². The van der Waals surface area contributed by atoms with Crippen LogP contribution in [0.25, 0.3) is 0 Å². The highest BCUT2D eigenvalue weighted by atomic mass is 16.5. The Labute approximate surface area is 131 Å². The van der Waals surface area contributed by atoms with E-state index >= 15 is 0 Å². The summed E-state index contributed by atoms with van der Waals surface area (Å²) in [7, 11) is 0. The number of nitrogens with one attached hydrogen (secondary N) is 1. The minimum absolute atomic E-state index is 0.00774. The first kappa shape index (κ1) is 15.5. The van der Waals surface area contributed by atoms with Gasteiger partial charge in [-0.15, -0.1) is 0 Å². The molecule has 0 radical (unpaired) electrons. The molecule has 1 saturated heterocycles. The van der Waals surface area contributed by atoms with Crippen LogP contribution < -0.4 is 11.1 Å². The van der Waals surface area contributed by atoms with Gasteiger partial charge in [0, 0.05) is 32.7 Å². The van der Waals surface area contributed by atoms with Crippen molar-refractivity contribution in [2.24, 2.45) is 5.73 Å². The third-order valence-corrected chi connectivity index (χ3v) is 4.60. The molecule has 0 saturated carbocycles. The molecule has 2 aliphatic heterocycles. The normalized spacial score (nSPS) is 25.0. The van der Waals surface area contributed by atoms with E-state index in [1.807, 2.05) is 0 Å². The summed E-state index contributed by atoms with van der Waals surface area (Å²) < 4.78 is 5.61. The zero-order chi connectivity index (χ0) is 15.4. The molecule has 5 nitrogen and oxygen atoms in total. The van der Waals surface area contributed by atoms with Crippen molar-refractivity contribution in [1.29, 1.82) is 0 Å². The van der Waals surface area contributed by atoms with Crippen LogP contribution in [0.3, 0.4) is 0 Å². The second-order valence-corrected chi connectivity index (χ2v) is 6.15. The van der Waals surface area contributed by atoms with Crippen LogP contribution >= 0.6 is 0 Å². The molecule has 1 fully saturated rings. The Morgan fingerprint density at radius 2 is 2.14 bits per heavy atom. The molecule has 0 spiro atoms. The van der Waals surface area contributed by atoms with E-state index in [0.717, 1.165) is 38.9 Å². The molecule has 2 atom stereocenters. The summed E-state index contributed by atoms with van der Waals surface area (Å²) in [6.07, 6.45) is 2.50. The minimum atomic E-state index is -0.310. The molecule has 2 aliphatic rings. The quantitative estimate of drug-likeness (QED) is 0.839. The lowest BCUT2D eigenvalue weighted by Gasteiger charge is -2.28. The molecular weight excluding hydrogens is 278 g/mol. The number of nitrogens with two attached hydrogens (primary N) is 1. The molecule has 5 heteroatoms. The smallest absolute Gasteiger partial charge is 0.249 e. The van der Waals surface area contributed by atoms with Gasteiger partial charge < -0.3 is 15.8 Å². The first-order valence-electron chi connectivity index (χ1n) is 8.18. The van der Waals surface area contributed by atoms with Crippen LogP contribution in [-0.4, -0.2) is 49.2 Å². The lowest BCUT2D eigenvalue weighted by atomic mass is 10.00. The summed E-state index contributed by atoms with van der Waals surface area (Å²) in [5.41, 5.74) is 8.43. The van der Waals surface area contributed by atoms with Gasteiger partial charge in [-0.2, -0.15) is 0 Å². The predicted octanol–water partition coefficient (Wildman–Crippen LogP) is 0.667. The third-order valence-electron chi connectivity index (χ3n) is 4.60. The van der Waals surface area contributed by atoms with Crippen molar-refractivity contribution in [2.45, 2.75) is 38.0 Å². The summed E-state index contributed by atoms with van der Waals surface area (Å²) in [5, 5.41) is 2.99. The fourth-order valence-electron chi connectivity index (χ4n) is 3.27. The monoisotopic (exact) mass is 303 g/mol. The maximum Gasteiger partial charge on any atom is 0.249 e. The molecule has 3 rings (SSSR count). The Morgan fingerprint density at radius 1 is 1.32 bits per heavy atom. The van der Waals surface area contributed by atoms with Crippen LogP contribution in [0.15, 0.2) is 24.3 Å². The molecule has 0 unspecified atom stereocenters. The number of carbonyl (C=O) groups excluding carboxylic acids is 1. The Morgan fingerprint density at radius 3 is 2.91 bits per heavy atom. The van der Waals surface area contributed by atoms with Gasteiger partial charge in [0.25, 0.3) is 0 Å². The number of fused-ring (bicyclic) bond motifs is 1. The van der Waals surface area contributed by atoms with Gasteiger partial charge in [0.1, 0.15) is 6.10 Å². The van der Waals surface area contributed by atoms with Gasteiger partial charge in [-0.1, -0.05) is 24.3 Å². The SMILES string of the molecule is NC[C@H]1CC[C@@H](C(=O)NCCN2CCc3ccccc3C2)O1. The summed E-state index contributed by atoms with van der Waals surface area (Å²) in [6.45, 7) is 4.08.